The molecule has 0 aromatic heterocycles. The molecule has 0 aliphatic carbocycles. The lowest BCUT2D eigenvalue weighted by Gasteiger charge is -2.31. The Hall–Kier alpha value is -2.86. The lowest BCUT2D eigenvalue weighted by atomic mass is 9.45. The van der Waals surface area contributed by atoms with Gasteiger partial charge in [-0.15, -0.1) is 0 Å². The zero-order valence-corrected chi connectivity index (χ0v) is 17.2. The van der Waals surface area contributed by atoms with Gasteiger partial charge in [-0.2, -0.15) is 0 Å². The van der Waals surface area contributed by atoms with Crippen molar-refractivity contribution in [1.29, 1.82) is 0 Å². The van der Waals surface area contributed by atoms with E-state index in [1.807, 2.05) is 0 Å². The van der Waals surface area contributed by atoms with Gasteiger partial charge in [0.05, 0.1) is 10.8 Å². The Kier molecular flexibility index (Phi) is 6.62. The minimum atomic E-state index is -2.55. The maximum Gasteiger partial charge on any atom is 0.200 e. The molecule has 1 atom stereocenters. The molecule has 3 aromatic carbocycles. The molecule has 182 valence electrons. The van der Waals surface area contributed by atoms with Gasteiger partial charge in [0.15, 0.2) is 71.3 Å². The smallest absolute Gasteiger partial charge is 0.200 e. The summed E-state index contributed by atoms with van der Waals surface area (Å²) < 4.78 is 170. The summed E-state index contributed by atoms with van der Waals surface area (Å²) in [4.78, 5) is 0. The van der Waals surface area contributed by atoms with Crippen LogP contribution in [0.1, 0.15) is 32.3 Å². The van der Waals surface area contributed by atoms with Crippen molar-refractivity contribution in [3.63, 3.8) is 0 Å². The van der Waals surface area contributed by atoms with Crippen molar-refractivity contribution >= 4 is 23.5 Å². The van der Waals surface area contributed by atoms with Crippen molar-refractivity contribution in [3.05, 3.63) is 75.4 Å². The Bertz CT molecular complexity index is 1310. The average Bonchev–Trinajstić information content (AvgIpc) is 2.79. The molecule has 1 unspecified atom stereocenters. The maximum absolute atomic E-state index is 15.3. The van der Waals surface area contributed by atoms with Crippen molar-refractivity contribution in [1.82, 2.24) is 0 Å². The molecule has 0 spiro atoms. The molecule has 3 rings (SSSR count). The number of benzene rings is 3. The molecule has 0 saturated heterocycles. The number of hydrogen-bond acceptors (Lipinski definition) is 0. The minimum Gasteiger partial charge on any atom is -0.206 e. The molecule has 34 heavy (non-hydrogen) atoms. The van der Waals surface area contributed by atoms with Gasteiger partial charge >= 0.3 is 0 Å². The van der Waals surface area contributed by atoms with E-state index >= 15 is 4.39 Å². The molecule has 0 radical (unpaired) electrons. The lowest BCUT2D eigenvalue weighted by molar-refractivity contribution is 0.383. The van der Waals surface area contributed by atoms with E-state index < -0.39 is 111 Å². The third kappa shape index (κ3) is 3.59. The summed E-state index contributed by atoms with van der Waals surface area (Å²) in [6, 6.07) is 0. The van der Waals surface area contributed by atoms with Crippen LogP contribution in [0.3, 0.4) is 0 Å². The molecule has 0 aliphatic heterocycles. The fraction of sp³-hybridized carbons (Fsp3) is 0.238. The Morgan fingerprint density at radius 2 is 0.853 bits per heavy atom. The monoisotopic (exact) mass is 502 g/mol. The third-order valence-electron chi connectivity index (χ3n) is 5.61. The van der Waals surface area contributed by atoms with E-state index in [0.717, 1.165) is 6.92 Å². The van der Waals surface area contributed by atoms with Crippen LogP contribution in [0.15, 0.2) is 0 Å². The topological polar surface area (TPSA) is 0 Å². The second kappa shape index (κ2) is 8.73. The van der Waals surface area contributed by atoms with Gasteiger partial charge in [0.2, 0.25) is 0 Å². The normalized spacial score (nSPS) is 13.5. The third-order valence-corrected chi connectivity index (χ3v) is 5.61. The van der Waals surface area contributed by atoms with Crippen molar-refractivity contribution in [2.24, 2.45) is 0 Å². The first-order valence-corrected chi connectivity index (χ1v) is 9.54. The predicted octanol–water partition coefficient (Wildman–Crippen LogP) is 6.29. The van der Waals surface area contributed by atoms with Crippen LogP contribution in [0.4, 0.5) is 52.7 Å². The van der Waals surface area contributed by atoms with Gasteiger partial charge in [-0.1, -0.05) is 26.7 Å². The minimum absolute atomic E-state index is 0.0704. The summed E-state index contributed by atoms with van der Waals surface area (Å²) in [5, 5.41) is -6.06. The molecular formula is C21H11BF12. The van der Waals surface area contributed by atoms with Crippen molar-refractivity contribution < 1.29 is 52.7 Å². The summed E-state index contributed by atoms with van der Waals surface area (Å²) >= 11 is 0. The molecule has 0 nitrogen and oxygen atoms in total. The van der Waals surface area contributed by atoms with Crippen molar-refractivity contribution in [2.45, 2.75) is 32.0 Å². The van der Waals surface area contributed by atoms with Crippen LogP contribution < -0.4 is 5.46 Å². The molecule has 0 fully saturated rings. The highest BCUT2D eigenvalue weighted by Gasteiger charge is 2.41. The quantitative estimate of drug-likeness (QED) is 0.167. The van der Waals surface area contributed by atoms with Crippen LogP contribution in [-0.4, -0.2) is 7.28 Å². The molecule has 0 bridgehead atoms. The summed E-state index contributed by atoms with van der Waals surface area (Å²) in [5.74, 6) is -28.5. The van der Waals surface area contributed by atoms with Crippen molar-refractivity contribution in [3.8, 4) is 0 Å². The Morgan fingerprint density at radius 3 is 1.29 bits per heavy atom. The van der Waals surface area contributed by atoms with Crippen LogP contribution in [0.2, 0.25) is 0 Å². The number of rotatable bonds is 5. The summed E-state index contributed by atoms with van der Waals surface area (Å²) in [6.07, 6.45) is -0.571. The van der Waals surface area contributed by atoms with E-state index in [2.05, 4.69) is 0 Å². The lowest BCUT2D eigenvalue weighted by Crippen LogP contribution is -2.43. The summed E-state index contributed by atoms with van der Waals surface area (Å²) in [5.41, 5.74) is -2.99. The fourth-order valence-electron chi connectivity index (χ4n) is 4.06. The van der Waals surface area contributed by atoms with E-state index in [4.69, 9.17) is 0 Å². The van der Waals surface area contributed by atoms with E-state index in [1.54, 1.807) is 0 Å². The molecule has 13 heteroatoms. The van der Waals surface area contributed by atoms with Crippen molar-refractivity contribution in [2.75, 3.05) is 0 Å². The van der Waals surface area contributed by atoms with Crippen LogP contribution in [0.25, 0.3) is 10.8 Å². The first kappa shape index (κ1) is 25.8. The van der Waals surface area contributed by atoms with Gasteiger partial charge in [-0.3, -0.25) is 0 Å². The molecular weight excluding hydrogens is 491 g/mol. The molecule has 0 saturated carbocycles. The van der Waals surface area contributed by atoms with Gasteiger partial charge in [-0.25, -0.2) is 52.7 Å². The molecule has 3 aromatic rings. The molecule has 0 heterocycles. The van der Waals surface area contributed by atoms with Crippen LogP contribution >= 0.6 is 0 Å². The average molecular weight is 502 g/mol. The summed E-state index contributed by atoms with van der Waals surface area (Å²) in [7, 11) is -1.32. The Morgan fingerprint density at radius 1 is 0.500 bits per heavy atom. The zero-order chi connectivity index (χ0) is 25.9. The predicted molar refractivity (Wildman–Crippen MR) is 98.9 cm³/mol. The first-order valence-electron chi connectivity index (χ1n) is 9.54. The molecule has 0 aliphatic rings. The van der Waals surface area contributed by atoms with Gasteiger partial charge in [0.1, 0.15) is 5.82 Å². The SMILES string of the molecule is CCCC(C)(Bc1c(F)c(F)c(F)c(F)c1F)c1c(F)c(F)c2c(F)c(F)c(F)c(F)c2c1F. The van der Waals surface area contributed by atoms with E-state index in [-0.39, 0.29) is 6.42 Å². The second-order valence-corrected chi connectivity index (χ2v) is 7.86. The molecule has 0 N–H and O–H groups in total. The maximum atomic E-state index is 15.3. The highest BCUT2D eigenvalue weighted by molar-refractivity contribution is 6.57. The van der Waals surface area contributed by atoms with Crippen LogP contribution in [0.5, 0.6) is 0 Å². The standard InChI is InChI=1S/C21H11BF12/c1-3-4-21(2,22-8-14(28)18(32)20(34)19(33)15(8)29)7-9(23)5-6(10(24)13(7)27)12(26)17(31)16(30)11(5)25/h22H,3-4H2,1-2H3. The van der Waals surface area contributed by atoms with E-state index in [0.29, 0.717) is 0 Å². The fourth-order valence-corrected chi connectivity index (χ4v) is 4.06. The largest absolute Gasteiger partial charge is 0.206 e. The molecule has 0 amide bonds. The Balaban J connectivity index is 2.42. The highest BCUT2D eigenvalue weighted by atomic mass is 19.2. The van der Waals surface area contributed by atoms with Gasteiger partial charge in [0.25, 0.3) is 0 Å². The first-order chi connectivity index (χ1) is 15.7. The van der Waals surface area contributed by atoms with Gasteiger partial charge in [-0.05, 0) is 10.8 Å². The highest BCUT2D eigenvalue weighted by Crippen LogP contribution is 2.40. The van der Waals surface area contributed by atoms with Gasteiger partial charge < -0.3 is 0 Å². The van der Waals surface area contributed by atoms with Gasteiger partial charge in [0, 0.05) is 5.56 Å². The number of hydrogen-bond donors (Lipinski definition) is 0. The van der Waals surface area contributed by atoms with Crippen LogP contribution in [-0.2, 0) is 5.31 Å². The summed E-state index contributed by atoms with van der Waals surface area (Å²) in [6.45, 7) is 2.22. The number of fused-ring (bicyclic) bond motifs is 1. The second-order valence-electron chi connectivity index (χ2n) is 7.86. The van der Waals surface area contributed by atoms with E-state index in [1.165, 1.54) is 6.92 Å². The Labute approximate surface area is 184 Å². The number of halogens is 12. The zero-order valence-electron chi connectivity index (χ0n) is 17.2. The van der Waals surface area contributed by atoms with E-state index in [9.17, 15) is 48.3 Å². The van der Waals surface area contributed by atoms with Crippen LogP contribution in [0, 0.1) is 69.8 Å².